The van der Waals surface area contributed by atoms with Crippen molar-refractivity contribution in [3.8, 4) is 0 Å². The van der Waals surface area contributed by atoms with Gasteiger partial charge in [-0.05, 0) is 0 Å². The maximum Gasteiger partial charge on any atom is 0.304 e. The summed E-state index contributed by atoms with van der Waals surface area (Å²) in [6, 6.07) is 0. The van der Waals surface area contributed by atoms with Gasteiger partial charge in [0.2, 0.25) is 5.91 Å². The molecule has 10 heavy (non-hydrogen) atoms. The van der Waals surface area contributed by atoms with Gasteiger partial charge in [-0.25, -0.2) is 0 Å². The Hall–Kier alpha value is -0.710. The maximum absolute atomic E-state index is 9.99. The van der Waals surface area contributed by atoms with Crippen molar-refractivity contribution >= 4 is 23.6 Å². The first-order valence-corrected chi connectivity index (χ1v) is 3.82. The van der Waals surface area contributed by atoms with Crippen LogP contribution >= 0.6 is 11.8 Å². The zero-order valence-electron chi connectivity index (χ0n) is 5.29. The van der Waals surface area contributed by atoms with Gasteiger partial charge in [0.25, 0.3) is 0 Å². The smallest absolute Gasteiger partial charge is 0.304 e. The van der Waals surface area contributed by atoms with Gasteiger partial charge in [0.05, 0.1) is 12.2 Å². The highest BCUT2D eigenvalue weighted by Gasteiger charge is 1.98. The number of carboxylic acid groups (broad SMARTS) is 1. The molecule has 0 heterocycles. The van der Waals surface area contributed by atoms with E-state index < -0.39 is 11.9 Å². The highest BCUT2D eigenvalue weighted by molar-refractivity contribution is 7.99. The summed E-state index contributed by atoms with van der Waals surface area (Å²) in [5.41, 5.74) is 6.46. The van der Waals surface area contributed by atoms with E-state index in [-0.39, 0.29) is 12.2 Å². The van der Waals surface area contributed by atoms with Gasteiger partial charge in [-0.15, -0.1) is 0 Å². The van der Waals surface area contributed by atoms with Crippen molar-refractivity contribution in [3.05, 3.63) is 0 Å². The molecule has 0 fully saturated rings. The first-order valence-electron chi connectivity index (χ1n) is 2.67. The Kier molecular flexibility index (Phi) is 4.74. The van der Waals surface area contributed by atoms with Crippen LogP contribution in [0.5, 0.6) is 0 Å². The Morgan fingerprint density at radius 2 is 2.10 bits per heavy atom. The van der Waals surface area contributed by atoms with Crippen LogP contribution in [0.25, 0.3) is 0 Å². The van der Waals surface area contributed by atoms with Crippen LogP contribution in [0, 0.1) is 0 Å². The highest BCUT2D eigenvalue weighted by Crippen LogP contribution is 2.00. The Bertz CT molecular complexity index is 121. The van der Waals surface area contributed by atoms with Crippen molar-refractivity contribution in [2.45, 2.75) is 6.42 Å². The number of nitrogens with one attached hydrogen (secondary N) is 1. The number of carbonyl (C=O) groups excluding carboxylic acids is 1. The van der Waals surface area contributed by atoms with E-state index in [9.17, 15) is 9.59 Å². The molecule has 1 radical (unpaired) electrons. The predicted molar refractivity (Wildman–Crippen MR) is 37.7 cm³/mol. The lowest BCUT2D eigenvalue weighted by molar-refractivity contribution is -0.136. The molecule has 0 aliphatic rings. The van der Waals surface area contributed by atoms with Crippen LogP contribution in [0.1, 0.15) is 6.42 Å². The summed E-state index contributed by atoms with van der Waals surface area (Å²) < 4.78 is 0. The monoisotopic (exact) mass is 162 g/mol. The van der Waals surface area contributed by atoms with E-state index in [1.165, 1.54) is 11.8 Å². The Morgan fingerprint density at radius 3 is 2.50 bits per heavy atom. The quantitative estimate of drug-likeness (QED) is 0.577. The molecule has 0 spiro atoms. The summed E-state index contributed by atoms with van der Waals surface area (Å²) in [4.78, 5) is 19.9. The minimum absolute atomic E-state index is 0.0535. The van der Waals surface area contributed by atoms with E-state index in [1.54, 1.807) is 0 Å². The molecule has 0 aromatic heterocycles. The number of hydrogen-bond acceptors (Lipinski definition) is 3. The van der Waals surface area contributed by atoms with Gasteiger partial charge in [0.15, 0.2) is 0 Å². The number of rotatable bonds is 5. The molecule has 0 unspecified atom stereocenters. The number of hydrogen-bond donors (Lipinski definition) is 1. The highest BCUT2D eigenvalue weighted by atomic mass is 32.2. The summed E-state index contributed by atoms with van der Waals surface area (Å²) in [5, 5.41) is 8.13. The molecule has 1 amide bonds. The van der Waals surface area contributed by atoms with Crippen molar-refractivity contribution in [3.63, 3.8) is 0 Å². The molecule has 0 saturated heterocycles. The Labute approximate surface area is 62.8 Å². The summed E-state index contributed by atoms with van der Waals surface area (Å²) in [6.45, 7) is 0. The predicted octanol–water partition coefficient (Wildman–Crippen LogP) is 0.00380. The van der Waals surface area contributed by atoms with Crippen LogP contribution in [0.15, 0.2) is 0 Å². The average Bonchev–Trinajstić information content (AvgIpc) is 1.79. The van der Waals surface area contributed by atoms with Crippen molar-refractivity contribution in [1.29, 1.82) is 0 Å². The second-order valence-electron chi connectivity index (χ2n) is 1.62. The number of amides is 1. The molecule has 0 bridgehead atoms. The van der Waals surface area contributed by atoms with Gasteiger partial charge in [-0.3, -0.25) is 15.3 Å². The third-order valence-electron chi connectivity index (χ3n) is 0.693. The van der Waals surface area contributed by atoms with Gasteiger partial charge >= 0.3 is 5.97 Å². The summed E-state index contributed by atoms with van der Waals surface area (Å²) in [5.74, 6) is -1.03. The largest absolute Gasteiger partial charge is 0.481 e. The molecule has 0 aromatic rings. The molecule has 4 nitrogen and oxygen atoms in total. The van der Waals surface area contributed by atoms with Crippen molar-refractivity contribution in [2.24, 2.45) is 0 Å². The van der Waals surface area contributed by atoms with Gasteiger partial charge in [-0.1, -0.05) is 0 Å². The van der Waals surface area contributed by atoms with E-state index in [2.05, 4.69) is 0 Å². The molecule has 0 rings (SSSR count). The minimum atomic E-state index is -0.870. The number of carbonyl (C=O) groups is 2. The van der Waals surface area contributed by atoms with Crippen LogP contribution in [-0.4, -0.2) is 28.5 Å². The molecule has 0 saturated carbocycles. The lowest BCUT2D eigenvalue weighted by Gasteiger charge is -1.92. The summed E-state index contributed by atoms with van der Waals surface area (Å²) in [6.07, 6.45) is 0.0535. The molecular weight excluding hydrogens is 154 g/mol. The average molecular weight is 162 g/mol. The number of aliphatic carboxylic acids is 1. The van der Waals surface area contributed by atoms with Crippen LogP contribution in [0.2, 0.25) is 0 Å². The number of carboxylic acids is 1. The first-order chi connectivity index (χ1) is 4.63. The zero-order chi connectivity index (χ0) is 7.98. The minimum Gasteiger partial charge on any atom is -0.481 e. The zero-order valence-corrected chi connectivity index (χ0v) is 6.11. The van der Waals surface area contributed by atoms with Crippen molar-refractivity contribution in [1.82, 2.24) is 5.73 Å². The van der Waals surface area contributed by atoms with Crippen molar-refractivity contribution in [2.75, 3.05) is 11.5 Å². The normalized spacial score (nSPS) is 9.20. The van der Waals surface area contributed by atoms with Crippen molar-refractivity contribution < 1.29 is 14.7 Å². The topological polar surface area (TPSA) is 78.2 Å². The molecule has 0 aromatic carbocycles. The molecule has 57 valence electrons. The second kappa shape index (κ2) is 5.10. The standard InChI is InChI=1S/C5H8NO3S/c6-4(7)3-10-2-1-5(8)9/h6H,1-3H2,(H,8,9). The molecule has 0 aliphatic heterocycles. The maximum atomic E-state index is 9.99. The fraction of sp³-hybridized carbons (Fsp3) is 0.600. The van der Waals surface area contributed by atoms with Gasteiger partial charge < -0.3 is 5.11 Å². The molecule has 0 aliphatic carbocycles. The molecule has 0 atom stereocenters. The Morgan fingerprint density at radius 1 is 1.50 bits per heavy atom. The first kappa shape index (κ1) is 9.29. The van der Waals surface area contributed by atoms with Gasteiger partial charge in [0.1, 0.15) is 0 Å². The van der Waals surface area contributed by atoms with E-state index in [0.29, 0.717) is 5.75 Å². The fourth-order valence-electron chi connectivity index (χ4n) is 0.324. The SMILES string of the molecule is [NH]C(=O)CSCCC(=O)O. The Balaban J connectivity index is 3.06. The molecule has 2 N–H and O–H groups in total. The second-order valence-corrected chi connectivity index (χ2v) is 2.72. The third-order valence-corrected chi connectivity index (χ3v) is 1.65. The lowest BCUT2D eigenvalue weighted by atomic mass is 10.5. The van der Waals surface area contributed by atoms with E-state index >= 15 is 0 Å². The van der Waals surface area contributed by atoms with E-state index in [4.69, 9.17) is 10.8 Å². The fourth-order valence-corrected chi connectivity index (χ4v) is 0.973. The summed E-state index contributed by atoms with van der Waals surface area (Å²) in [7, 11) is 0. The number of thioether (sulfide) groups is 1. The van der Waals surface area contributed by atoms with Crippen LogP contribution in [-0.2, 0) is 9.59 Å². The van der Waals surface area contributed by atoms with Crippen LogP contribution in [0.3, 0.4) is 0 Å². The molecular formula is C5H8NO3S. The molecule has 5 heteroatoms. The van der Waals surface area contributed by atoms with Crippen LogP contribution < -0.4 is 5.73 Å². The third kappa shape index (κ3) is 7.29. The van der Waals surface area contributed by atoms with Gasteiger partial charge in [0, 0.05) is 5.75 Å². The van der Waals surface area contributed by atoms with E-state index in [0.717, 1.165) is 0 Å². The van der Waals surface area contributed by atoms with Crippen LogP contribution in [0.4, 0.5) is 0 Å². The van der Waals surface area contributed by atoms with E-state index in [1.807, 2.05) is 0 Å². The lowest BCUT2D eigenvalue weighted by Crippen LogP contribution is -2.03. The van der Waals surface area contributed by atoms with Gasteiger partial charge in [-0.2, -0.15) is 11.8 Å². The summed E-state index contributed by atoms with van der Waals surface area (Å²) >= 11 is 1.17.